The molecule has 2 nitrogen and oxygen atoms in total. The quantitative estimate of drug-likeness (QED) is 0.762. The molecule has 2 aliphatic carbocycles. The maximum absolute atomic E-state index is 3.80. The summed E-state index contributed by atoms with van der Waals surface area (Å²) in [5, 5.41) is 3.80. The molecular formula is C18H34N2. The Kier molecular flexibility index (Phi) is 4.72. The number of rotatable bonds is 7. The molecule has 0 aromatic carbocycles. The molecule has 20 heavy (non-hydrogen) atoms. The van der Waals surface area contributed by atoms with E-state index in [9.17, 15) is 0 Å². The third-order valence-electron chi connectivity index (χ3n) is 5.96. The first-order valence-corrected chi connectivity index (χ1v) is 9.18. The van der Waals surface area contributed by atoms with Gasteiger partial charge in [-0.2, -0.15) is 0 Å². The van der Waals surface area contributed by atoms with Gasteiger partial charge in [0, 0.05) is 25.2 Å². The fraction of sp³-hybridized carbons (Fsp3) is 1.00. The van der Waals surface area contributed by atoms with Gasteiger partial charge in [-0.3, -0.25) is 4.90 Å². The number of nitrogens with zero attached hydrogens (tertiary/aromatic N) is 1. The lowest BCUT2D eigenvalue weighted by Gasteiger charge is -2.39. The molecule has 0 radical (unpaired) electrons. The van der Waals surface area contributed by atoms with Crippen LogP contribution in [0.5, 0.6) is 0 Å². The van der Waals surface area contributed by atoms with E-state index in [0.717, 1.165) is 18.0 Å². The molecule has 3 unspecified atom stereocenters. The molecule has 1 aliphatic heterocycles. The van der Waals surface area contributed by atoms with Crippen LogP contribution in [0.25, 0.3) is 0 Å². The van der Waals surface area contributed by atoms with E-state index in [4.69, 9.17) is 0 Å². The van der Waals surface area contributed by atoms with Gasteiger partial charge in [0.2, 0.25) is 0 Å². The van der Waals surface area contributed by atoms with Crippen LogP contribution in [0.15, 0.2) is 0 Å². The maximum atomic E-state index is 3.80. The van der Waals surface area contributed by atoms with Crippen molar-refractivity contribution in [1.82, 2.24) is 10.2 Å². The summed E-state index contributed by atoms with van der Waals surface area (Å²) in [6.07, 6.45) is 12.9. The molecule has 3 aliphatic rings. The van der Waals surface area contributed by atoms with Crippen LogP contribution in [0.4, 0.5) is 0 Å². The second-order valence-corrected chi connectivity index (χ2v) is 8.09. The van der Waals surface area contributed by atoms with Crippen molar-refractivity contribution in [2.45, 2.75) is 83.7 Å². The highest BCUT2D eigenvalue weighted by Crippen LogP contribution is 2.38. The third-order valence-corrected chi connectivity index (χ3v) is 5.96. The summed E-state index contributed by atoms with van der Waals surface area (Å²) in [6.45, 7) is 8.82. The van der Waals surface area contributed by atoms with Crippen molar-refractivity contribution in [3.63, 3.8) is 0 Å². The van der Waals surface area contributed by atoms with E-state index in [-0.39, 0.29) is 0 Å². The fourth-order valence-corrected chi connectivity index (χ4v) is 4.69. The van der Waals surface area contributed by atoms with E-state index in [1.54, 1.807) is 0 Å². The Balaban J connectivity index is 1.56. The Morgan fingerprint density at radius 2 is 1.90 bits per heavy atom. The molecule has 0 aromatic heterocycles. The average molecular weight is 278 g/mol. The molecule has 2 heteroatoms. The minimum atomic E-state index is 0.490. The average Bonchev–Trinajstić information content (AvgIpc) is 3.20. The van der Waals surface area contributed by atoms with E-state index >= 15 is 0 Å². The number of nitrogens with one attached hydrogen (secondary N) is 1. The van der Waals surface area contributed by atoms with Crippen molar-refractivity contribution < 1.29 is 0 Å². The highest BCUT2D eigenvalue weighted by molar-refractivity contribution is 4.94. The van der Waals surface area contributed by atoms with E-state index in [0.29, 0.717) is 5.41 Å². The summed E-state index contributed by atoms with van der Waals surface area (Å²) in [5.41, 5.74) is 0.490. The first kappa shape index (κ1) is 14.8. The summed E-state index contributed by atoms with van der Waals surface area (Å²) in [5.74, 6) is 1.03. The second-order valence-electron chi connectivity index (χ2n) is 8.09. The van der Waals surface area contributed by atoms with Crippen LogP contribution in [-0.2, 0) is 0 Å². The van der Waals surface area contributed by atoms with E-state index in [1.807, 2.05) is 0 Å². The molecular weight excluding hydrogens is 244 g/mol. The normalized spacial score (nSPS) is 33.9. The van der Waals surface area contributed by atoms with Crippen LogP contribution in [-0.4, -0.2) is 36.6 Å². The van der Waals surface area contributed by atoms with Gasteiger partial charge in [-0.25, -0.2) is 0 Å². The molecule has 2 saturated carbocycles. The van der Waals surface area contributed by atoms with E-state index in [2.05, 4.69) is 24.1 Å². The van der Waals surface area contributed by atoms with Crippen LogP contribution in [0, 0.1) is 11.3 Å². The van der Waals surface area contributed by atoms with Gasteiger partial charge >= 0.3 is 0 Å². The smallest absolute Gasteiger partial charge is 0.0124 e. The lowest BCUT2D eigenvalue weighted by molar-refractivity contribution is 0.110. The summed E-state index contributed by atoms with van der Waals surface area (Å²) < 4.78 is 0. The summed E-state index contributed by atoms with van der Waals surface area (Å²) in [7, 11) is 0. The molecule has 0 aromatic rings. The van der Waals surface area contributed by atoms with Gasteiger partial charge in [-0.1, -0.05) is 33.1 Å². The van der Waals surface area contributed by atoms with Crippen LogP contribution in [0.2, 0.25) is 0 Å². The molecule has 3 atom stereocenters. The Hall–Kier alpha value is -0.0800. The largest absolute Gasteiger partial charge is 0.313 e. The maximum Gasteiger partial charge on any atom is 0.0124 e. The minimum absolute atomic E-state index is 0.490. The lowest BCUT2D eigenvalue weighted by Crippen LogP contribution is -2.46. The fourth-order valence-electron chi connectivity index (χ4n) is 4.69. The monoisotopic (exact) mass is 278 g/mol. The van der Waals surface area contributed by atoms with Crippen molar-refractivity contribution in [3.8, 4) is 0 Å². The van der Waals surface area contributed by atoms with Gasteiger partial charge < -0.3 is 5.32 Å². The zero-order chi connectivity index (χ0) is 14.0. The molecule has 1 heterocycles. The molecule has 0 amide bonds. The highest BCUT2D eigenvalue weighted by atomic mass is 15.2. The van der Waals surface area contributed by atoms with Crippen LogP contribution in [0.3, 0.4) is 0 Å². The minimum Gasteiger partial charge on any atom is -0.313 e. The zero-order valence-electron chi connectivity index (χ0n) is 13.7. The molecule has 1 saturated heterocycles. The summed E-state index contributed by atoms with van der Waals surface area (Å²) >= 11 is 0. The van der Waals surface area contributed by atoms with Crippen molar-refractivity contribution in [2.75, 3.05) is 19.6 Å². The van der Waals surface area contributed by atoms with Crippen LogP contribution >= 0.6 is 0 Å². The first-order valence-electron chi connectivity index (χ1n) is 9.18. The standard InChI is InChI=1S/C18H34N2/c1-3-11-18(2,13-19-16-8-9-16)14-20-12-10-15-6-4-5-7-17(15)20/h15-17,19H,3-14H2,1-2H3. The highest BCUT2D eigenvalue weighted by Gasteiger charge is 2.39. The molecule has 0 bridgehead atoms. The van der Waals surface area contributed by atoms with Gasteiger partial charge in [-0.05, 0) is 56.4 Å². The van der Waals surface area contributed by atoms with Gasteiger partial charge in [-0.15, -0.1) is 0 Å². The Morgan fingerprint density at radius 3 is 2.65 bits per heavy atom. The molecule has 116 valence electrons. The molecule has 3 rings (SSSR count). The van der Waals surface area contributed by atoms with Gasteiger partial charge in [0.1, 0.15) is 0 Å². The predicted octanol–water partition coefficient (Wildman–Crippen LogP) is 3.81. The van der Waals surface area contributed by atoms with Gasteiger partial charge in [0.05, 0.1) is 0 Å². The number of fused-ring (bicyclic) bond motifs is 1. The molecule has 3 fully saturated rings. The van der Waals surface area contributed by atoms with Crippen molar-refractivity contribution in [3.05, 3.63) is 0 Å². The summed E-state index contributed by atoms with van der Waals surface area (Å²) in [4.78, 5) is 2.87. The number of hydrogen-bond acceptors (Lipinski definition) is 2. The second kappa shape index (κ2) is 6.36. The van der Waals surface area contributed by atoms with Crippen molar-refractivity contribution in [1.29, 1.82) is 0 Å². The van der Waals surface area contributed by atoms with Gasteiger partial charge in [0.25, 0.3) is 0 Å². The number of likely N-dealkylation sites (tertiary alicyclic amines) is 1. The van der Waals surface area contributed by atoms with E-state index in [1.165, 1.54) is 77.4 Å². The number of hydrogen-bond donors (Lipinski definition) is 1. The van der Waals surface area contributed by atoms with Crippen molar-refractivity contribution in [2.24, 2.45) is 11.3 Å². The Labute approximate surface area is 125 Å². The topological polar surface area (TPSA) is 15.3 Å². The summed E-state index contributed by atoms with van der Waals surface area (Å²) in [6, 6.07) is 1.79. The van der Waals surface area contributed by atoms with E-state index < -0.39 is 0 Å². The lowest BCUT2D eigenvalue weighted by atomic mass is 9.82. The zero-order valence-corrected chi connectivity index (χ0v) is 13.7. The van der Waals surface area contributed by atoms with Crippen molar-refractivity contribution >= 4 is 0 Å². The SMILES string of the molecule is CCCC(C)(CNC1CC1)CN1CCC2CCCCC21. The van der Waals surface area contributed by atoms with Crippen LogP contribution < -0.4 is 5.32 Å². The molecule has 0 spiro atoms. The molecule has 1 N–H and O–H groups in total. The predicted molar refractivity (Wildman–Crippen MR) is 86.0 cm³/mol. The van der Waals surface area contributed by atoms with Crippen LogP contribution in [0.1, 0.15) is 71.6 Å². The first-order chi connectivity index (χ1) is 9.70. The third kappa shape index (κ3) is 3.57. The van der Waals surface area contributed by atoms with Gasteiger partial charge in [0.15, 0.2) is 0 Å². The Morgan fingerprint density at radius 1 is 1.10 bits per heavy atom. The Bertz CT molecular complexity index is 313.